The molecule has 0 aliphatic heterocycles. The van der Waals surface area contributed by atoms with Crippen LogP contribution in [0.25, 0.3) is 0 Å². The lowest BCUT2D eigenvalue weighted by molar-refractivity contribution is 0.253. The third kappa shape index (κ3) is 3.43. The Balaban J connectivity index is 2.31. The molecule has 0 heterocycles. The normalized spacial score (nSPS) is 22.0. The van der Waals surface area contributed by atoms with Gasteiger partial charge in [0, 0.05) is 5.92 Å². The highest BCUT2D eigenvalue weighted by molar-refractivity contribution is 5.07. The van der Waals surface area contributed by atoms with E-state index in [4.69, 9.17) is 5.11 Å². The zero-order valence-electron chi connectivity index (χ0n) is 7.14. The fraction of sp³-hybridized carbons (Fsp3) is 0.800. The molecule has 0 radical (unpaired) electrons. The largest absolute Gasteiger partial charge is 0.381 e. The molecular weight excluding hydrogens is 136 g/mol. The van der Waals surface area contributed by atoms with Crippen LogP contribution in [0.3, 0.4) is 0 Å². The highest BCUT2D eigenvalue weighted by Gasteiger charge is 2.09. The molecule has 1 aliphatic rings. The average Bonchev–Trinajstić information content (AvgIpc) is 2.03. The van der Waals surface area contributed by atoms with Crippen LogP contribution in [0, 0.1) is 17.8 Å². The molecule has 1 heteroatoms. The van der Waals surface area contributed by atoms with Crippen LogP contribution in [0.1, 0.15) is 39.0 Å². The molecule has 0 aromatic carbocycles. The summed E-state index contributed by atoms with van der Waals surface area (Å²) < 4.78 is 0. The first kappa shape index (κ1) is 8.62. The molecule has 1 N–H and O–H groups in total. The third-order valence-corrected chi connectivity index (χ3v) is 2.10. The molecule has 62 valence electrons. The van der Waals surface area contributed by atoms with Crippen molar-refractivity contribution in [2.45, 2.75) is 45.1 Å². The van der Waals surface area contributed by atoms with Crippen LogP contribution in [0.5, 0.6) is 0 Å². The Morgan fingerprint density at radius 1 is 1.27 bits per heavy atom. The molecule has 1 rings (SSSR count). The fourth-order valence-corrected chi connectivity index (χ4v) is 1.49. The third-order valence-electron chi connectivity index (χ3n) is 2.10. The summed E-state index contributed by atoms with van der Waals surface area (Å²) in [5.41, 5.74) is 0. The Morgan fingerprint density at radius 3 is 2.45 bits per heavy atom. The van der Waals surface area contributed by atoms with E-state index in [2.05, 4.69) is 11.8 Å². The van der Waals surface area contributed by atoms with E-state index in [-0.39, 0.29) is 0 Å². The van der Waals surface area contributed by atoms with E-state index >= 15 is 0 Å². The van der Waals surface area contributed by atoms with Crippen molar-refractivity contribution in [2.24, 2.45) is 5.92 Å². The Bertz CT molecular complexity index is 155. The molecule has 0 aromatic rings. The minimum Gasteiger partial charge on any atom is -0.381 e. The first-order valence-corrected chi connectivity index (χ1v) is 4.48. The van der Waals surface area contributed by atoms with Gasteiger partial charge in [0.2, 0.25) is 0 Å². The summed E-state index contributed by atoms with van der Waals surface area (Å²) in [6.07, 6.45) is 6.03. The first-order valence-electron chi connectivity index (χ1n) is 4.48. The first-order chi connectivity index (χ1) is 5.29. The fourth-order valence-electron chi connectivity index (χ4n) is 1.49. The summed E-state index contributed by atoms with van der Waals surface area (Å²) in [6.45, 7) is 1.72. The van der Waals surface area contributed by atoms with Crippen LogP contribution in [-0.2, 0) is 0 Å². The standard InChI is InChI=1S/C10H16O/c1-9(11)7-8-10-5-3-2-4-6-10/h9-11H,2-6H2,1H3/t9-/m0/s1. The lowest BCUT2D eigenvalue weighted by Gasteiger charge is -2.15. The highest BCUT2D eigenvalue weighted by Crippen LogP contribution is 2.22. The molecule has 11 heavy (non-hydrogen) atoms. The van der Waals surface area contributed by atoms with Crippen molar-refractivity contribution in [3.63, 3.8) is 0 Å². The van der Waals surface area contributed by atoms with Gasteiger partial charge in [-0.2, -0.15) is 0 Å². The molecule has 1 atom stereocenters. The van der Waals surface area contributed by atoms with Gasteiger partial charge in [0.1, 0.15) is 6.10 Å². The Labute approximate surface area is 68.8 Å². The van der Waals surface area contributed by atoms with E-state index in [9.17, 15) is 0 Å². The zero-order chi connectivity index (χ0) is 8.10. The topological polar surface area (TPSA) is 20.2 Å². The van der Waals surface area contributed by atoms with Gasteiger partial charge in [-0.15, -0.1) is 0 Å². The van der Waals surface area contributed by atoms with Crippen molar-refractivity contribution in [3.05, 3.63) is 0 Å². The van der Waals surface area contributed by atoms with Crippen molar-refractivity contribution in [3.8, 4) is 11.8 Å². The molecule has 1 nitrogen and oxygen atoms in total. The van der Waals surface area contributed by atoms with Crippen LogP contribution in [-0.4, -0.2) is 11.2 Å². The van der Waals surface area contributed by atoms with Crippen LogP contribution >= 0.6 is 0 Å². The summed E-state index contributed by atoms with van der Waals surface area (Å²) in [7, 11) is 0. The quantitative estimate of drug-likeness (QED) is 0.526. The van der Waals surface area contributed by atoms with Crippen molar-refractivity contribution < 1.29 is 5.11 Å². The molecule has 1 saturated carbocycles. The van der Waals surface area contributed by atoms with Gasteiger partial charge in [-0.1, -0.05) is 31.1 Å². The maximum Gasteiger partial charge on any atom is 0.111 e. The van der Waals surface area contributed by atoms with Crippen molar-refractivity contribution in [2.75, 3.05) is 0 Å². The maximum absolute atomic E-state index is 8.91. The van der Waals surface area contributed by atoms with Gasteiger partial charge in [0.15, 0.2) is 0 Å². The van der Waals surface area contributed by atoms with Gasteiger partial charge in [-0.25, -0.2) is 0 Å². The van der Waals surface area contributed by atoms with Crippen LogP contribution in [0.2, 0.25) is 0 Å². The maximum atomic E-state index is 8.91. The Morgan fingerprint density at radius 2 is 1.91 bits per heavy atom. The molecule has 0 bridgehead atoms. The number of rotatable bonds is 0. The van der Waals surface area contributed by atoms with Gasteiger partial charge in [-0.05, 0) is 19.8 Å². The molecule has 0 saturated heterocycles. The summed E-state index contributed by atoms with van der Waals surface area (Å²) in [5.74, 6) is 6.51. The summed E-state index contributed by atoms with van der Waals surface area (Å²) in [5, 5.41) is 8.91. The lowest BCUT2D eigenvalue weighted by Crippen LogP contribution is -2.04. The Hall–Kier alpha value is -0.480. The number of aliphatic hydroxyl groups excluding tert-OH is 1. The van der Waals surface area contributed by atoms with Crippen LogP contribution in [0.15, 0.2) is 0 Å². The smallest absolute Gasteiger partial charge is 0.111 e. The predicted octanol–water partition coefficient (Wildman–Crippen LogP) is 1.95. The number of hydrogen-bond donors (Lipinski definition) is 1. The van der Waals surface area contributed by atoms with E-state index in [0.29, 0.717) is 5.92 Å². The summed E-state index contributed by atoms with van der Waals surface area (Å²) in [4.78, 5) is 0. The lowest BCUT2D eigenvalue weighted by atomic mass is 9.90. The number of hydrogen-bond acceptors (Lipinski definition) is 1. The van der Waals surface area contributed by atoms with Gasteiger partial charge in [0.25, 0.3) is 0 Å². The molecule has 1 fully saturated rings. The molecule has 1 aliphatic carbocycles. The molecule has 0 aromatic heterocycles. The van der Waals surface area contributed by atoms with Gasteiger partial charge < -0.3 is 5.11 Å². The van der Waals surface area contributed by atoms with Crippen molar-refractivity contribution in [1.29, 1.82) is 0 Å². The average molecular weight is 152 g/mol. The summed E-state index contributed by atoms with van der Waals surface area (Å²) >= 11 is 0. The summed E-state index contributed by atoms with van der Waals surface area (Å²) in [6, 6.07) is 0. The van der Waals surface area contributed by atoms with Gasteiger partial charge >= 0.3 is 0 Å². The van der Waals surface area contributed by atoms with E-state index < -0.39 is 6.10 Å². The monoisotopic (exact) mass is 152 g/mol. The van der Waals surface area contributed by atoms with E-state index in [1.54, 1.807) is 6.92 Å². The second kappa shape index (κ2) is 4.41. The van der Waals surface area contributed by atoms with E-state index in [1.807, 2.05) is 0 Å². The van der Waals surface area contributed by atoms with Crippen LogP contribution in [0.4, 0.5) is 0 Å². The zero-order valence-corrected chi connectivity index (χ0v) is 7.14. The van der Waals surface area contributed by atoms with E-state index in [0.717, 1.165) is 0 Å². The number of aliphatic hydroxyl groups is 1. The SMILES string of the molecule is C[C@H](O)C#CC1CCCCC1. The second-order valence-corrected chi connectivity index (χ2v) is 3.30. The minimum absolute atomic E-state index is 0.447. The molecular formula is C10H16O. The molecule has 0 amide bonds. The van der Waals surface area contributed by atoms with Gasteiger partial charge in [-0.3, -0.25) is 0 Å². The second-order valence-electron chi connectivity index (χ2n) is 3.30. The van der Waals surface area contributed by atoms with Gasteiger partial charge in [0.05, 0.1) is 0 Å². The Kier molecular flexibility index (Phi) is 3.45. The molecule has 0 spiro atoms. The van der Waals surface area contributed by atoms with Crippen molar-refractivity contribution in [1.82, 2.24) is 0 Å². The van der Waals surface area contributed by atoms with Crippen LogP contribution < -0.4 is 0 Å². The van der Waals surface area contributed by atoms with Crippen molar-refractivity contribution >= 4 is 0 Å². The van der Waals surface area contributed by atoms with E-state index in [1.165, 1.54) is 32.1 Å². The molecule has 0 unspecified atom stereocenters. The predicted molar refractivity (Wildman–Crippen MR) is 46.0 cm³/mol. The highest BCUT2D eigenvalue weighted by atomic mass is 16.3. The minimum atomic E-state index is -0.447.